The highest BCUT2D eigenvalue weighted by Crippen LogP contribution is 2.26. The predicted molar refractivity (Wildman–Crippen MR) is 125 cm³/mol. The monoisotopic (exact) mass is 446 g/mol. The van der Waals surface area contributed by atoms with E-state index >= 15 is 0 Å². The van der Waals surface area contributed by atoms with Gasteiger partial charge in [0.2, 0.25) is 0 Å². The van der Waals surface area contributed by atoms with Crippen LogP contribution in [0.4, 0.5) is 0 Å². The van der Waals surface area contributed by atoms with Crippen molar-refractivity contribution in [3.05, 3.63) is 95.2 Å². The largest absolute Gasteiger partial charge is 0.494 e. The smallest absolute Gasteiger partial charge is 0.274 e. The number of amides is 1. The Morgan fingerprint density at radius 1 is 1.09 bits per heavy atom. The fourth-order valence-corrected chi connectivity index (χ4v) is 3.69. The summed E-state index contributed by atoms with van der Waals surface area (Å²) in [5.41, 5.74) is 2.98. The summed E-state index contributed by atoms with van der Waals surface area (Å²) in [7, 11) is 0. The summed E-state index contributed by atoms with van der Waals surface area (Å²) in [6.07, 6.45) is 5.25. The summed E-state index contributed by atoms with van der Waals surface area (Å²) in [5, 5.41) is 1.28. The molecule has 0 aliphatic rings. The normalized spacial score (nSPS) is 10.8. The first-order chi connectivity index (χ1) is 15.6. The van der Waals surface area contributed by atoms with E-state index in [1.54, 1.807) is 11.1 Å². The van der Waals surface area contributed by atoms with E-state index in [1.165, 1.54) is 12.4 Å². The van der Waals surface area contributed by atoms with Crippen molar-refractivity contribution in [2.75, 3.05) is 13.2 Å². The molecule has 4 aromatic rings. The minimum Gasteiger partial charge on any atom is -0.494 e. The maximum atomic E-state index is 13.2. The molecule has 0 spiro atoms. The molecule has 0 atom stereocenters. The van der Waals surface area contributed by atoms with Gasteiger partial charge in [0, 0.05) is 36.4 Å². The Morgan fingerprint density at radius 2 is 1.94 bits per heavy atom. The van der Waals surface area contributed by atoms with E-state index in [0.29, 0.717) is 37.0 Å². The minimum atomic E-state index is -0.201. The Morgan fingerprint density at radius 3 is 2.69 bits per heavy atom. The Bertz CT molecular complexity index is 1200. The van der Waals surface area contributed by atoms with Crippen LogP contribution in [0.5, 0.6) is 5.75 Å². The molecule has 32 heavy (non-hydrogen) atoms. The molecule has 0 fully saturated rings. The average molecular weight is 447 g/mol. The van der Waals surface area contributed by atoms with Gasteiger partial charge in [-0.2, -0.15) is 0 Å². The van der Waals surface area contributed by atoms with Crippen LogP contribution < -0.4 is 4.74 Å². The molecule has 0 radical (unpaired) electrons. The SMILES string of the molecule is CCOc1ccc2nc(Cl)c(CN(CCc3ccccc3)C(=O)c3cnccn3)cc2c1. The van der Waals surface area contributed by atoms with Gasteiger partial charge in [-0.15, -0.1) is 0 Å². The lowest BCUT2D eigenvalue weighted by Gasteiger charge is -2.23. The van der Waals surface area contributed by atoms with Gasteiger partial charge in [0.1, 0.15) is 16.6 Å². The number of rotatable bonds is 8. The fourth-order valence-electron chi connectivity index (χ4n) is 3.48. The minimum absolute atomic E-state index is 0.201. The molecule has 0 unspecified atom stereocenters. The summed E-state index contributed by atoms with van der Waals surface area (Å²) in [5.74, 6) is 0.569. The number of carbonyl (C=O) groups excluding carboxylic acids is 1. The first kappa shape index (κ1) is 21.7. The molecule has 0 aliphatic carbocycles. The van der Waals surface area contributed by atoms with Crippen molar-refractivity contribution in [3.8, 4) is 5.75 Å². The van der Waals surface area contributed by atoms with Gasteiger partial charge in [-0.05, 0) is 43.2 Å². The summed E-state index contributed by atoms with van der Waals surface area (Å²) in [6, 6.07) is 17.7. The summed E-state index contributed by atoms with van der Waals surface area (Å²) >= 11 is 6.51. The van der Waals surface area contributed by atoms with Gasteiger partial charge in [0.05, 0.1) is 18.3 Å². The van der Waals surface area contributed by atoms with E-state index in [4.69, 9.17) is 16.3 Å². The number of hydrogen-bond donors (Lipinski definition) is 0. The van der Waals surface area contributed by atoms with Crippen LogP contribution >= 0.6 is 11.6 Å². The molecular weight excluding hydrogens is 424 g/mol. The molecule has 1 amide bonds. The maximum Gasteiger partial charge on any atom is 0.274 e. The van der Waals surface area contributed by atoms with Gasteiger partial charge in [-0.1, -0.05) is 41.9 Å². The number of nitrogens with zero attached hydrogens (tertiary/aromatic N) is 4. The highest BCUT2D eigenvalue weighted by Gasteiger charge is 2.19. The molecule has 0 bridgehead atoms. The van der Waals surface area contributed by atoms with Crippen LogP contribution in [0.3, 0.4) is 0 Å². The van der Waals surface area contributed by atoms with Gasteiger partial charge < -0.3 is 9.64 Å². The van der Waals surface area contributed by atoms with Crippen molar-refractivity contribution in [1.29, 1.82) is 0 Å². The van der Waals surface area contributed by atoms with E-state index in [1.807, 2.05) is 61.5 Å². The molecule has 2 aromatic heterocycles. The average Bonchev–Trinajstić information content (AvgIpc) is 2.83. The number of pyridine rings is 1. The van der Waals surface area contributed by atoms with E-state index in [9.17, 15) is 4.79 Å². The standard InChI is InChI=1S/C25H23ClN4O2/c1-2-32-21-8-9-22-19(15-21)14-20(24(26)29-22)17-30(13-10-18-6-4-3-5-7-18)25(31)23-16-27-11-12-28-23/h3-9,11-12,14-16H,2,10,13,17H2,1H3. The second-order valence-electron chi connectivity index (χ2n) is 7.28. The van der Waals surface area contributed by atoms with E-state index in [0.717, 1.165) is 27.8 Å². The number of benzene rings is 2. The highest BCUT2D eigenvalue weighted by atomic mass is 35.5. The second kappa shape index (κ2) is 10.2. The molecule has 2 heterocycles. The zero-order chi connectivity index (χ0) is 22.3. The van der Waals surface area contributed by atoms with Crippen molar-refractivity contribution in [2.45, 2.75) is 19.9 Å². The molecule has 0 N–H and O–H groups in total. The van der Waals surface area contributed by atoms with Crippen molar-refractivity contribution in [3.63, 3.8) is 0 Å². The van der Waals surface area contributed by atoms with E-state index in [-0.39, 0.29) is 5.91 Å². The number of fused-ring (bicyclic) bond motifs is 1. The number of aromatic nitrogens is 3. The Hall–Kier alpha value is -3.51. The first-order valence-corrected chi connectivity index (χ1v) is 10.8. The number of hydrogen-bond acceptors (Lipinski definition) is 5. The van der Waals surface area contributed by atoms with Crippen LogP contribution in [-0.4, -0.2) is 38.9 Å². The molecule has 6 nitrogen and oxygen atoms in total. The van der Waals surface area contributed by atoms with E-state index < -0.39 is 0 Å². The van der Waals surface area contributed by atoms with Gasteiger partial charge >= 0.3 is 0 Å². The van der Waals surface area contributed by atoms with Crippen molar-refractivity contribution < 1.29 is 9.53 Å². The Kier molecular flexibility index (Phi) is 6.92. The van der Waals surface area contributed by atoms with Crippen LogP contribution in [0, 0.1) is 0 Å². The van der Waals surface area contributed by atoms with Crippen LogP contribution in [0.1, 0.15) is 28.5 Å². The zero-order valence-electron chi connectivity index (χ0n) is 17.7. The van der Waals surface area contributed by atoms with Crippen molar-refractivity contribution in [1.82, 2.24) is 19.9 Å². The van der Waals surface area contributed by atoms with Crippen LogP contribution in [0.25, 0.3) is 10.9 Å². The Labute approximate surface area is 191 Å². The third kappa shape index (κ3) is 5.21. The lowest BCUT2D eigenvalue weighted by Crippen LogP contribution is -2.33. The fraction of sp³-hybridized carbons (Fsp3) is 0.200. The van der Waals surface area contributed by atoms with Crippen LogP contribution in [0.2, 0.25) is 5.15 Å². The van der Waals surface area contributed by atoms with Gasteiger partial charge in [-0.3, -0.25) is 9.78 Å². The maximum absolute atomic E-state index is 13.2. The Balaban J connectivity index is 1.63. The molecule has 162 valence electrons. The first-order valence-electron chi connectivity index (χ1n) is 10.4. The summed E-state index contributed by atoms with van der Waals surface area (Å²) in [6.45, 7) is 3.34. The third-order valence-corrected chi connectivity index (χ3v) is 5.39. The highest BCUT2D eigenvalue weighted by molar-refractivity contribution is 6.30. The molecule has 7 heteroatoms. The topological polar surface area (TPSA) is 68.2 Å². The third-order valence-electron chi connectivity index (χ3n) is 5.07. The molecule has 0 aliphatic heterocycles. The van der Waals surface area contributed by atoms with E-state index in [2.05, 4.69) is 15.0 Å². The summed E-state index contributed by atoms with van der Waals surface area (Å²) < 4.78 is 5.61. The number of carbonyl (C=O) groups is 1. The molecule has 4 rings (SSSR count). The van der Waals surface area contributed by atoms with Gasteiger partial charge in [-0.25, -0.2) is 9.97 Å². The quantitative estimate of drug-likeness (QED) is 0.358. The molecule has 0 saturated heterocycles. The van der Waals surface area contributed by atoms with Crippen molar-refractivity contribution in [2.24, 2.45) is 0 Å². The predicted octanol–water partition coefficient (Wildman–Crippen LogP) is 4.96. The van der Waals surface area contributed by atoms with Gasteiger partial charge in [0.25, 0.3) is 5.91 Å². The van der Waals surface area contributed by atoms with Crippen molar-refractivity contribution >= 4 is 28.4 Å². The number of ether oxygens (including phenoxy) is 1. The lowest BCUT2D eigenvalue weighted by molar-refractivity contribution is 0.0738. The van der Waals surface area contributed by atoms with Crippen LogP contribution in [-0.2, 0) is 13.0 Å². The van der Waals surface area contributed by atoms with Gasteiger partial charge in [0.15, 0.2) is 0 Å². The second-order valence-corrected chi connectivity index (χ2v) is 7.64. The zero-order valence-corrected chi connectivity index (χ0v) is 18.5. The summed E-state index contributed by atoms with van der Waals surface area (Å²) in [4.78, 5) is 27.7. The molecule has 0 saturated carbocycles. The lowest BCUT2D eigenvalue weighted by atomic mass is 10.1. The van der Waals surface area contributed by atoms with Crippen LogP contribution in [0.15, 0.2) is 73.2 Å². The molecular formula is C25H23ClN4O2. The number of halogens is 1. The molecule has 2 aromatic carbocycles.